The van der Waals surface area contributed by atoms with E-state index in [4.69, 9.17) is 11.6 Å². The summed E-state index contributed by atoms with van der Waals surface area (Å²) in [5.74, 6) is -0.702. The molecule has 0 radical (unpaired) electrons. The van der Waals surface area contributed by atoms with Crippen LogP contribution in [0.4, 0.5) is 0 Å². The standard InChI is InChI=1S/C19H19ClN4O4S/c20-11-4-1-2-6-13(11)29-10-14(25)23-8-3-5-12(23)17-22-19(28)16(26)15-18(27)21-7-9-24(15)17/h1-2,4,6,12,26H,3,5,7-10H2,(H,21,27)/t12-/m0/s1. The Balaban J connectivity index is 1.60. The number of hydrogen-bond donors (Lipinski definition) is 2. The molecular weight excluding hydrogens is 416 g/mol. The molecule has 0 spiro atoms. The smallest absolute Gasteiger partial charge is 0.315 e. The number of rotatable bonds is 4. The molecule has 1 fully saturated rings. The van der Waals surface area contributed by atoms with E-state index in [0.29, 0.717) is 36.9 Å². The molecule has 8 nitrogen and oxygen atoms in total. The lowest BCUT2D eigenvalue weighted by atomic mass is 10.1. The highest BCUT2D eigenvalue weighted by atomic mass is 35.5. The molecule has 0 bridgehead atoms. The number of hydrogen-bond acceptors (Lipinski definition) is 6. The van der Waals surface area contributed by atoms with Gasteiger partial charge in [-0.25, -0.2) is 0 Å². The van der Waals surface area contributed by atoms with E-state index in [2.05, 4.69) is 10.3 Å². The second-order valence-electron chi connectivity index (χ2n) is 6.84. The van der Waals surface area contributed by atoms with E-state index in [9.17, 15) is 19.5 Å². The summed E-state index contributed by atoms with van der Waals surface area (Å²) < 4.78 is 1.56. The quantitative estimate of drug-likeness (QED) is 0.711. The van der Waals surface area contributed by atoms with Crippen LogP contribution in [-0.2, 0) is 11.3 Å². The summed E-state index contributed by atoms with van der Waals surface area (Å²) in [5, 5.41) is 13.3. The first-order valence-corrected chi connectivity index (χ1v) is 10.6. The Morgan fingerprint density at radius 3 is 2.90 bits per heavy atom. The van der Waals surface area contributed by atoms with Crippen molar-refractivity contribution in [1.82, 2.24) is 19.8 Å². The Hall–Kier alpha value is -2.52. The summed E-state index contributed by atoms with van der Waals surface area (Å²) in [4.78, 5) is 43.8. The van der Waals surface area contributed by atoms with Crippen molar-refractivity contribution >= 4 is 35.2 Å². The molecule has 0 aliphatic carbocycles. The first-order chi connectivity index (χ1) is 14.0. The molecule has 2 aromatic rings. The Kier molecular flexibility index (Phi) is 5.51. The van der Waals surface area contributed by atoms with Crippen LogP contribution in [0.5, 0.6) is 5.75 Å². The average molecular weight is 435 g/mol. The van der Waals surface area contributed by atoms with E-state index in [1.165, 1.54) is 11.8 Å². The first-order valence-electron chi connectivity index (χ1n) is 9.26. The van der Waals surface area contributed by atoms with Gasteiger partial charge in [-0.05, 0) is 25.0 Å². The van der Waals surface area contributed by atoms with E-state index >= 15 is 0 Å². The molecule has 2 aliphatic heterocycles. The van der Waals surface area contributed by atoms with Crippen LogP contribution in [0.3, 0.4) is 0 Å². The molecule has 3 heterocycles. The van der Waals surface area contributed by atoms with E-state index in [1.807, 2.05) is 18.2 Å². The van der Waals surface area contributed by atoms with Crippen molar-refractivity contribution in [2.24, 2.45) is 0 Å². The number of fused-ring (bicyclic) bond motifs is 1. The number of aromatic nitrogens is 2. The van der Waals surface area contributed by atoms with E-state index in [1.54, 1.807) is 15.5 Å². The summed E-state index contributed by atoms with van der Waals surface area (Å²) in [6.45, 7) is 1.29. The predicted molar refractivity (Wildman–Crippen MR) is 108 cm³/mol. The van der Waals surface area contributed by atoms with Gasteiger partial charge >= 0.3 is 5.56 Å². The van der Waals surface area contributed by atoms with Crippen LogP contribution in [0.1, 0.15) is 35.2 Å². The number of amides is 2. The van der Waals surface area contributed by atoms with Crippen molar-refractivity contribution in [3.05, 3.63) is 51.2 Å². The van der Waals surface area contributed by atoms with Gasteiger partial charge in [0.1, 0.15) is 5.82 Å². The summed E-state index contributed by atoms with van der Waals surface area (Å²) in [6, 6.07) is 6.92. The van der Waals surface area contributed by atoms with Crippen molar-refractivity contribution in [3.8, 4) is 5.75 Å². The summed E-state index contributed by atoms with van der Waals surface area (Å²) in [5.41, 5.74) is -0.941. The Labute approximate surface area is 175 Å². The fourth-order valence-electron chi connectivity index (χ4n) is 3.75. The molecule has 10 heteroatoms. The van der Waals surface area contributed by atoms with Crippen LogP contribution in [0.25, 0.3) is 0 Å². The van der Waals surface area contributed by atoms with Gasteiger partial charge in [-0.3, -0.25) is 14.4 Å². The second-order valence-corrected chi connectivity index (χ2v) is 8.27. The van der Waals surface area contributed by atoms with Crippen molar-refractivity contribution in [1.29, 1.82) is 0 Å². The number of nitrogens with zero attached hydrogens (tertiary/aromatic N) is 3. The normalized spacial score (nSPS) is 18.4. The highest BCUT2D eigenvalue weighted by Gasteiger charge is 2.36. The van der Waals surface area contributed by atoms with E-state index in [-0.39, 0.29) is 17.4 Å². The second kappa shape index (κ2) is 8.08. The Morgan fingerprint density at radius 2 is 2.10 bits per heavy atom. The highest BCUT2D eigenvalue weighted by Crippen LogP contribution is 2.34. The SMILES string of the molecule is O=C1NCCn2c([C@@H]3CCCN3C(=O)CSc3ccccc3Cl)nc(=O)c(O)c21. The largest absolute Gasteiger partial charge is 0.501 e. The number of benzene rings is 1. The highest BCUT2D eigenvalue weighted by molar-refractivity contribution is 8.00. The molecule has 1 aromatic carbocycles. The van der Waals surface area contributed by atoms with Crippen molar-refractivity contribution < 1.29 is 14.7 Å². The topological polar surface area (TPSA) is 105 Å². The molecule has 0 unspecified atom stereocenters. The number of carbonyl (C=O) groups is 2. The number of nitrogens with one attached hydrogen (secondary N) is 1. The zero-order chi connectivity index (χ0) is 20.5. The predicted octanol–water partition coefficient (Wildman–Crippen LogP) is 1.80. The van der Waals surface area contributed by atoms with Gasteiger partial charge in [-0.1, -0.05) is 23.7 Å². The lowest BCUT2D eigenvalue weighted by Gasteiger charge is -2.29. The molecule has 152 valence electrons. The molecule has 1 atom stereocenters. The van der Waals surface area contributed by atoms with Crippen molar-refractivity contribution in [3.63, 3.8) is 0 Å². The maximum Gasteiger partial charge on any atom is 0.315 e. The van der Waals surface area contributed by atoms with Gasteiger partial charge in [0.05, 0.1) is 16.8 Å². The number of halogens is 1. The average Bonchev–Trinajstić information content (AvgIpc) is 3.19. The van der Waals surface area contributed by atoms with Crippen LogP contribution in [0.15, 0.2) is 34.0 Å². The zero-order valence-electron chi connectivity index (χ0n) is 15.4. The fourth-order valence-corrected chi connectivity index (χ4v) is 4.88. The van der Waals surface area contributed by atoms with E-state index in [0.717, 1.165) is 11.3 Å². The number of aromatic hydroxyl groups is 1. The third kappa shape index (κ3) is 3.72. The molecule has 0 saturated carbocycles. The van der Waals surface area contributed by atoms with Crippen LogP contribution in [0, 0.1) is 0 Å². The Bertz CT molecular complexity index is 1040. The lowest BCUT2D eigenvalue weighted by Crippen LogP contribution is -2.42. The van der Waals surface area contributed by atoms with Gasteiger partial charge in [-0.2, -0.15) is 4.98 Å². The molecule has 1 saturated heterocycles. The van der Waals surface area contributed by atoms with Crippen LogP contribution in [0.2, 0.25) is 5.02 Å². The Morgan fingerprint density at radius 1 is 1.31 bits per heavy atom. The number of carbonyl (C=O) groups excluding carboxylic acids is 2. The van der Waals surface area contributed by atoms with Crippen LogP contribution < -0.4 is 10.9 Å². The monoisotopic (exact) mass is 434 g/mol. The molecule has 2 amide bonds. The molecular formula is C19H19ClN4O4S. The summed E-state index contributed by atoms with van der Waals surface area (Å²) in [6.07, 6.45) is 1.41. The minimum atomic E-state index is -0.854. The van der Waals surface area contributed by atoms with E-state index < -0.39 is 23.3 Å². The van der Waals surface area contributed by atoms with Crippen molar-refractivity contribution in [2.75, 3.05) is 18.8 Å². The molecule has 2 aliphatic rings. The molecule has 1 aromatic heterocycles. The van der Waals surface area contributed by atoms with Crippen LogP contribution in [-0.4, -0.2) is 50.2 Å². The van der Waals surface area contributed by atoms with Gasteiger partial charge in [0.15, 0.2) is 5.69 Å². The summed E-state index contributed by atoms with van der Waals surface area (Å²) in [7, 11) is 0. The van der Waals surface area contributed by atoms with Crippen LogP contribution >= 0.6 is 23.4 Å². The molecule has 29 heavy (non-hydrogen) atoms. The van der Waals surface area contributed by atoms with Gasteiger partial charge in [0.2, 0.25) is 11.7 Å². The van der Waals surface area contributed by atoms with Gasteiger partial charge < -0.3 is 19.9 Å². The van der Waals surface area contributed by atoms with Gasteiger partial charge in [-0.15, -0.1) is 11.8 Å². The first kappa shape index (κ1) is 19.8. The van der Waals surface area contributed by atoms with Crippen molar-refractivity contribution in [2.45, 2.75) is 30.3 Å². The third-order valence-electron chi connectivity index (χ3n) is 5.08. The maximum absolute atomic E-state index is 12.9. The molecule has 4 rings (SSSR count). The third-order valence-corrected chi connectivity index (χ3v) is 6.58. The minimum absolute atomic E-state index is 0.0870. The summed E-state index contributed by atoms with van der Waals surface area (Å²) >= 11 is 7.52. The zero-order valence-corrected chi connectivity index (χ0v) is 17.0. The van der Waals surface area contributed by atoms with Gasteiger partial charge in [0, 0.05) is 24.5 Å². The molecule has 2 N–H and O–H groups in total. The minimum Gasteiger partial charge on any atom is -0.501 e. The number of likely N-dealkylation sites (tertiary alicyclic amines) is 1. The number of thioether (sulfide) groups is 1. The van der Waals surface area contributed by atoms with Gasteiger partial charge in [0.25, 0.3) is 5.91 Å². The fraction of sp³-hybridized carbons (Fsp3) is 0.368. The lowest BCUT2D eigenvalue weighted by molar-refractivity contribution is -0.129. The maximum atomic E-state index is 12.9.